The van der Waals surface area contributed by atoms with Crippen molar-refractivity contribution in [3.63, 3.8) is 0 Å². The molecule has 0 aliphatic heterocycles. The second-order valence-electron chi connectivity index (χ2n) is 2.83. The van der Waals surface area contributed by atoms with E-state index in [0.717, 1.165) is 5.56 Å². The molecule has 1 aromatic carbocycles. The molecule has 0 aliphatic rings. The molecule has 1 atom stereocenters. The number of benzene rings is 1. The summed E-state index contributed by atoms with van der Waals surface area (Å²) >= 11 is 11.5. The van der Waals surface area contributed by atoms with E-state index < -0.39 is 0 Å². The third-order valence-corrected chi connectivity index (χ3v) is 1.89. The summed E-state index contributed by atoms with van der Waals surface area (Å²) in [5, 5.41) is 10.3. The van der Waals surface area contributed by atoms with Gasteiger partial charge >= 0.3 is 23.1 Å². The van der Waals surface area contributed by atoms with E-state index >= 15 is 0 Å². The quantitative estimate of drug-likeness (QED) is 0.733. The Bertz CT molecular complexity index is 261. The monoisotopic (exact) mass is 307 g/mol. The van der Waals surface area contributed by atoms with Gasteiger partial charge in [0.05, 0.1) is 6.10 Å². The first kappa shape index (κ1) is 17.4. The van der Waals surface area contributed by atoms with Crippen LogP contribution in [0.25, 0.3) is 0 Å². The number of aliphatic hydroxyl groups is 1. The number of aliphatic hydroxyl groups excluding tert-OH is 1. The van der Waals surface area contributed by atoms with Gasteiger partial charge in [-0.05, 0) is 37.1 Å². The van der Waals surface area contributed by atoms with Crippen LogP contribution in [0.2, 0.25) is 10.0 Å². The van der Waals surface area contributed by atoms with E-state index in [2.05, 4.69) is 0 Å². The van der Waals surface area contributed by atoms with Crippen molar-refractivity contribution in [1.82, 2.24) is 0 Å². The summed E-state index contributed by atoms with van der Waals surface area (Å²) in [5.74, 6) is 0. The molecule has 0 radical (unpaired) electrons. The van der Waals surface area contributed by atoms with Gasteiger partial charge < -0.3 is 22.1 Å². The molecule has 0 spiro atoms. The fourth-order valence-electron chi connectivity index (χ4n) is 1.07. The molecule has 74 valence electrons. The smallest absolute Gasteiger partial charge is 1.00 e. The average Bonchev–Trinajstić information content (AvgIpc) is 1.81. The molecule has 1 aromatic rings. The molecule has 0 heterocycles. The Hall–Kier alpha value is 1.01. The van der Waals surface area contributed by atoms with Gasteiger partial charge in [-0.1, -0.05) is 23.2 Å². The molecule has 0 amide bonds. The van der Waals surface area contributed by atoms with Crippen molar-refractivity contribution < 1.29 is 22.1 Å². The fourth-order valence-corrected chi connectivity index (χ4v) is 1.64. The van der Waals surface area contributed by atoms with Gasteiger partial charge in [-0.3, -0.25) is 0 Å². The maximum Gasteiger partial charge on any atom is 2.00 e. The van der Waals surface area contributed by atoms with E-state index in [1.807, 2.05) is 0 Å². The van der Waals surface area contributed by atoms with Crippen molar-refractivity contribution in [1.29, 1.82) is 0 Å². The molecular weight excluding hydrogens is 299 g/mol. The first-order valence-corrected chi connectivity index (χ1v) is 4.46. The summed E-state index contributed by atoms with van der Waals surface area (Å²) in [6, 6.07) is 5.29. The normalized spacial score (nSPS) is 11.1. The van der Waals surface area contributed by atoms with Crippen LogP contribution in [0.4, 0.5) is 0 Å². The van der Waals surface area contributed by atoms with Gasteiger partial charge in [0.1, 0.15) is 0 Å². The molecule has 5 heteroatoms. The van der Waals surface area contributed by atoms with Crippen molar-refractivity contribution in [3.8, 4) is 0 Å². The van der Waals surface area contributed by atoms with Crippen molar-refractivity contribution in [3.05, 3.63) is 33.8 Å². The number of hydrogen-bond acceptors (Lipinski definition) is 1. The van der Waals surface area contributed by atoms with Gasteiger partial charge in [-0.2, -0.15) is 0 Å². The van der Waals surface area contributed by atoms with Gasteiger partial charge in [-0.25, -0.2) is 0 Å². The zero-order chi connectivity index (χ0) is 9.14. The second-order valence-corrected chi connectivity index (χ2v) is 3.70. The summed E-state index contributed by atoms with van der Waals surface area (Å²) in [6.07, 6.45) is 0.222. The molecule has 0 saturated heterocycles. The van der Waals surface area contributed by atoms with E-state index in [4.69, 9.17) is 28.3 Å². The van der Waals surface area contributed by atoms with Crippen LogP contribution < -0.4 is 17.0 Å². The van der Waals surface area contributed by atoms with Crippen LogP contribution in [0.15, 0.2) is 18.2 Å². The van der Waals surface area contributed by atoms with Crippen LogP contribution in [-0.2, 0) is 6.42 Å². The number of hydrogen-bond donors (Lipinski definition) is 1. The van der Waals surface area contributed by atoms with Crippen LogP contribution >= 0.6 is 23.2 Å². The number of halogens is 3. The van der Waals surface area contributed by atoms with E-state index in [0.29, 0.717) is 16.5 Å². The van der Waals surface area contributed by atoms with Crippen molar-refractivity contribution in [2.45, 2.75) is 19.4 Å². The topological polar surface area (TPSA) is 20.2 Å². The van der Waals surface area contributed by atoms with Crippen LogP contribution in [0, 0.1) is 0 Å². The summed E-state index contributed by atoms with van der Waals surface area (Å²) in [5.41, 5.74) is 0.961. The standard InChI is InChI=1S/C9H10Cl2O.BrH.Mg/c1-6(12)2-7-3-8(10)5-9(11)4-7;;/h3-6,12H,2H2,1H3;1H;/q;;+2/p-1. The maximum absolute atomic E-state index is 9.10. The Labute approximate surface area is 121 Å². The Morgan fingerprint density at radius 2 is 1.64 bits per heavy atom. The van der Waals surface area contributed by atoms with Gasteiger partial charge in [0.2, 0.25) is 0 Å². The van der Waals surface area contributed by atoms with Gasteiger partial charge in [0.25, 0.3) is 0 Å². The molecule has 0 bridgehead atoms. The minimum atomic E-state index is -0.362. The predicted octanol–water partition coefficient (Wildman–Crippen LogP) is -0.460. The van der Waals surface area contributed by atoms with Crippen LogP contribution in [0.1, 0.15) is 12.5 Å². The summed E-state index contributed by atoms with van der Waals surface area (Å²) in [6.45, 7) is 1.73. The maximum atomic E-state index is 9.10. The Kier molecular flexibility index (Phi) is 10.2. The van der Waals surface area contributed by atoms with Crippen molar-refractivity contribution in [2.24, 2.45) is 0 Å². The van der Waals surface area contributed by atoms with Gasteiger partial charge in [-0.15, -0.1) is 0 Å². The van der Waals surface area contributed by atoms with E-state index in [1.165, 1.54) is 0 Å². The van der Waals surface area contributed by atoms with E-state index in [1.54, 1.807) is 25.1 Å². The van der Waals surface area contributed by atoms with Crippen molar-refractivity contribution >= 4 is 46.3 Å². The molecule has 14 heavy (non-hydrogen) atoms. The largest absolute Gasteiger partial charge is 2.00 e. The van der Waals surface area contributed by atoms with Crippen LogP contribution in [-0.4, -0.2) is 34.3 Å². The van der Waals surface area contributed by atoms with E-state index in [9.17, 15) is 0 Å². The zero-order valence-corrected chi connectivity index (χ0v) is 12.3. The fraction of sp³-hybridized carbons (Fsp3) is 0.333. The average molecular weight is 309 g/mol. The molecule has 1 rings (SSSR count). The minimum Gasteiger partial charge on any atom is -1.00 e. The molecule has 1 nitrogen and oxygen atoms in total. The Balaban J connectivity index is 0. The van der Waals surface area contributed by atoms with E-state index in [-0.39, 0.29) is 46.1 Å². The first-order chi connectivity index (χ1) is 5.58. The minimum absolute atomic E-state index is 0. The summed E-state index contributed by atoms with van der Waals surface area (Å²) in [4.78, 5) is 0. The first-order valence-electron chi connectivity index (χ1n) is 3.71. The van der Waals surface area contributed by atoms with Gasteiger partial charge in [0, 0.05) is 10.0 Å². The van der Waals surface area contributed by atoms with Crippen molar-refractivity contribution in [2.75, 3.05) is 0 Å². The molecular formula is C9H10BrCl2MgO+. The zero-order valence-electron chi connectivity index (χ0n) is 7.80. The Morgan fingerprint density at radius 1 is 1.21 bits per heavy atom. The molecule has 0 aliphatic carbocycles. The summed E-state index contributed by atoms with van der Waals surface area (Å²) < 4.78 is 0. The third-order valence-electron chi connectivity index (χ3n) is 1.45. The third kappa shape index (κ3) is 6.48. The predicted molar refractivity (Wildman–Crippen MR) is 57.6 cm³/mol. The van der Waals surface area contributed by atoms with Gasteiger partial charge in [0.15, 0.2) is 0 Å². The van der Waals surface area contributed by atoms with Crippen LogP contribution in [0.3, 0.4) is 0 Å². The Morgan fingerprint density at radius 3 is 2.00 bits per heavy atom. The van der Waals surface area contributed by atoms with Crippen LogP contribution in [0.5, 0.6) is 0 Å². The molecule has 1 N–H and O–H groups in total. The number of rotatable bonds is 2. The summed E-state index contributed by atoms with van der Waals surface area (Å²) in [7, 11) is 0. The molecule has 1 unspecified atom stereocenters. The molecule has 0 aromatic heterocycles. The SMILES string of the molecule is CC(O)Cc1cc(Cl)cc(Cl)c1.[Br-].[Mg+2]. The second kappa shape index (κ2) is 8.19. The molecule has 0 saturated carbocycles. The molecule has 0 fully saturated rings.